The fourth-order valence-electron chi connectivity index (χ4n) is 3.66. The van der Waals surface area contributed by atoms with Crippen molar-refractivity contribution in [3.05, 3.63) is 34.7 Å². The average Bonchev–Trinajstić information content (AvgIpc) is 2.98. The molecule has 0 aromatic heterocycles. The van der Waals surface area contributed by atoms with E-state index in [1.165, 1.54) is 0 Å². The van der Waals surface area contributed by atoms with E-state index >= 15 is 0 Å². The van der Waals surface area contributed by atoms with Crippen LogP contribution in [0.4, 0.5) is 0 Å². The van der Waals surface area contributed by atoms with Crippen molar-refractivity contribution in [1.29, 1.82) is 0 Å². The lowest BCUT2D eigenvalue weighted by molar-refractivity contribution is -0.0105. The number of aliphatic hydroxyl groups excluding tert-OH is 1. The van der Waals surface area contributed by atoms with E-state index in [1.54, 1.807) is 6.20 Å². The molecule has 0 amide bonds. The summed E-state index contributed by atoms with van der Waals surface area (Å²) in [6.07, 6.45) is 4.98. The molecule has 2 unspecified atom stereocenters. The predicted molar refractivity (Wildman–Crippen MR) is 105 cm³/mol. The normalized spacial score (nSPS) is 33.5. The van der Waals surface area contributed by atoms with Crippen molar-refractivity contribution in [2.24, 2.45) is 15.7 Å². The first-order valence-corrected chi connectivity index (χ1v) is 9.13. The average molecular weight is 380 g/mol. The van der Waals surface area contributed by atoms with E-state index in [0.717, 1.165) is 43.2 Å². The first-order chi connectivity index (χ1) is 12.5. The number of halogens is 1. The number of nitrogens with two attached hydrogens (primary N) is 1. The van der Waals surface area contributed by atoms with Crippen LogP contribution in [0.1, 0.15) is 6.92 Å². The standard InChI is InChI=1S/C18H26ClN5O2/c1-18(11-26-10-17(18)25)24-5-3-23(4-6-24)16-8-15(22-12-20)13(9-21-2)7-14(16)19/h7-9,17,25H,2-6,10-12,20H2,1H3/b13-9-,22-15-. The van der Waals surface area contributed by atoms with Crippen LogP contribution >= 0.6 is 11.6 Å². The molecule has 3 aliphatic rings. The summed E-state index contributed by atoms with van der Waals surface area (Å²) in [5.74, 6) is 0. The van der Waals surface area contributed by atoms with Crippen LogP contribution in [-0.2, 0) is 4.74 Å². The van der Waals surface area contributed by atoms with Gasteiger partial charge in [0.25, 0.3) is 0 Å². The van der Waals surface area contributed by atoms with Crippen LogP contribution in [0, 0.1) is 0 Å². The van der Waals surface area contributed by atoms with Gasteiger partial charge in [-0.2, -0.15) is 0 Å². The Labute approximate surface area is 159 Å². The molecule has 0 spiro atoms. The van der Waals surface area contributed by atoms with Gasteiger partial charge in [-0.1, -0.05) is 11.6 Å². The van der Waals surface area contributed by atoms with E-state index in [4.69, 9.17) is 22.1 Å². The van der Waals surface area contributed by atoms with Crippen LogP contribution in [0.5, 0.6) is 0 Å². The van der Waals surface area contributed by atoms with E-state index in [0.29, 0.717) is 18.2 Å². The topological polar surface area (TPSA) is 86.7 Å². The van der Waals surface area contributed by atoms with E-state index in [-0.39, 0.29) is 12.2 Å². The van der Waals surface area contributed by atoms with Crippen molar-refractivity contribution in [3.8, 4) is 0 Å². The number of hydrogen-bond donors (Lipinski definition) is 2. The number of allylic oxidation sites excluding steroid dienone is 4. The van der Waals surface area contributed by atoms with Crippen molar-refractivity contribution in [1.82, 2.24) is 9.80 Å². The van der Waals surface area contributed by atoms with Gasteiger partial charge >= 0.3 is 0 Å². The fourth-order valence-corrected chi connectivity index (χ4v) is 3.95. The molecule has 26 heavy (non-hydrogen) atoms. The maximum atomic E-state index is 10.3. The summed E-state index contributed by atoms with van der Waals surface area (Å²) in [5, 5.41) is 10.9. The smallest absolute Gasteiger partial charge is 0.0976 e. The molecule has 2 atom stereocenters. The minimum absolute atomic E-state index is 0.197. The van der Waals surface area contributed by atoms with Gasteiger partial charge in [0.05, 0.1) is 48.0 Å². The molecule has 2 aliphatic heterocycles. The highest BCUT2D eigenvalue weighted by atomic mass is 35.5. The van der Waals surface area contributed by atoms with Crippen molar-refractivity contribution < 1.29 is 9.84 Å². The van der Waals surface area contributed by atoms with Crippen molar-refractivity contribution in [2.45, 2.75) is 18.6 Å². The highest BCUT2D eigenvalue weighted by Gasteiger charge is 2.44. The zero-order valence-electron chi connectivity index (χ0n) is 15.1. The minimum Gasteiger partial charge on any atom is -0.389 e. The van der Waals surface area contributed by atoms with Crippen LogP contribution in [0.25, 0.3) is 0 Å². The second-order valence-corrected chi connectivity index (χ2v) is 7.28. The summed E-state index contributed by atoms with van der Waals surface area (Å²) in [4.78, 5) is 12.7. The lowest BCUT2D eigenvalue weighted by atomic mass is 9.95. The maximum absolute atomic E-state index is 10.3. The lowest BCUT2D eigenvalue weighted by Crippen LogP contribution is -2.60. The Balaban J connectivity index is 1.74. The third-order valence-corrected chi connectivity index (χ3v) is 5.62. The van der Waals surface area contributed by atoms with Gasteiger partial charge in [-0.3, -0.25) is 14.9 Å². The first-order valence-electron chi connectivity index (χ1n) is 8.75. The monoisotopic (exact) mass is 379 g/mol. The number of nitrogens with zero attached hydrogens (tertiary/aromatic N) is 4. The molecular weight excluding hydrogens is 354 g/mol. The molecule has 2 fully saturated rings. The summed E-state index contributed by atoms with van der Waals surface area (Å²) < 4.78 is 5.47. The SMILES string of the molecule is C=N/C=C1/C=C(Cl)C(N2CCN(C3(C)COCC3O)CC2)=C/C1=N/CN. The molecule has 0 aromatic carbocycles. The highest BCUT2D eigenvalue weighted by Crippen LogP contribution is 2.31. The van der Waals surface area contributed by atoms with Gasteiger partial charge in [-0.15, -0.1) is 0 Å². The van der Waals surface area contributed by atoms with Crippen LogP contribution in [0.3, 0.4) is 0 Å². The third-order valence-electron chi connectivity index (χ3n) is 5.32. The van der Waals surface area contributed by atoms with Crippen LogP contribution in [0.15, 0.2) is 44.6 Å². The largest absolute Gasteiger partial charge is 0.389 e. The molecule has 1 aliphatic carbocycles. The summed E-state index contributed by atoms with van der Waals surface area (Å²) in [5.41, 5.74) is 7.78. The molecule has 7 nitrogen and oxygen atoms in total. The zero-order valence-corrected chi connectivity index (χ0v) is 15.8. The molecule has 0 bridgehead atoms. The van der Waals surface area contributed by atoms with Gasteiger partial charge in [-0.25, -0.2) is 0 Å². The Morgan fingerprint density at radius 2 is 2.15 bits per heavy atom. The molecule has 3 rings (SSSR count). The maximum Gasteiger partial charge on any atom is 0.0976 e. The quantitative estimate of drug-likeness (QED) is 0.703. The zero-order chi connectivity index (χ0) is 18.7. The Bertz CT molecular complexity index is 679. The number of aliphatic imine (C=N–C) groups is 2. The second kappa shape index (κ2) is 8.02. The lowest BCUT2D eigenvalue weighted by Gasteiger charge is -2.45. The fraction of sp³-hybridized carbons (Fsp3) is 0.556. The van der Waals surface area contributed by atoms with Gasteiger partial charge in [0.2, 0.25) is 0 Å². The van der Waals surface area contributed by atoms with Crippen LogP contribution < -0.4 is 5.73 Å². The molecular formula is C18H26ClN5O2. The van der Waals surface area contributed by atoms with Gasteiger partial charge in [0, 0.05) is 38.0 Å². The molecule has 2 heterocycles. The first kappa shape index (κ1) is 19.3. The van der Waals surface area contributed by atoms with Gasteiger partial charge < -0.3 is 20.5 Å². The number of rotatable bonds is 4. The van der Waals surface area contributed by atoms with E-state index in [1.807, 2.05) is 12.2 Å². The minimum atomic E-state index is -0.450. The number of aliphatic hydroxyl groups is 1. The van der Waals surface area contributed by atoms with E-state index in [9.17, 15) is 5.11 Å². The molecule has 3 N–H and O–H groups in total. The van der Waals surface area contributed by atoms with E-state index in [2.05, 4.69) is 33.4 Å². The van der Waals surface area contributed by atoms with Gasteiger partial charge in [0.1, 0.15) is 0 Å². The van der Waals surface area contributed by atoms with Crippen molar-refractivity contribution in [2.75, 3.05) is 46.1 Å². The molecule has 8 heteroatoms. The Kier molecular flexibility index (Phi) is 5.94. The third kappa shape index (κ3) is 3.63. The van der Waals surface area contributed by atoms with Crippen molar-refractivity contribution in [3.63, 3.8) is 0 Å². The highest BCUT2D eigenvalue weighted by molar-refractivity contribution is 6.34. The van der Waals surface area contributed by atoms with Crippen LogP contribution in [-0.4, -0.2) is 85.0 Å². The number of piperazine rings is 1. The van der Waals surface area contributed by atoms with Gasteiger partial charge in [-0.05, 0) is 25.8 Å². The summed E-state index contributed by atoms with van der Waals surface area (Å²) >= 11 is 6.51. The van der Waals surface area contributed by atoms with Crippen molar-refractivity contribution >= 4 is 24.0 Å². The molecule has 0 radical (unpaired) electrons. The second-order valence-electron chi connectivity index (χ2n) is 6.88. The predicted octanol–water partition coefficient (Wildman–Crippen LogP) is 0.716. The Morgan fingerprint density at radius 1 is 1.42 bits per heavy atom. The summed E-state index contributed by atoms with van der Waals surface area (Å²) in [6.45, 7) is 10.0. The molecule has 142 valence electrons. The van der Waals surface area contributed by atoms with E-state index < -0.39 is 6.10 Å². The number of ether oxygens (including phenoxy) is 1. The molecule has 2 saturated heterocycles. The summed E-state index contributed by atoms with van der Waals surface area (Å²) in [6, 6.07) is 0. The van der Waals surface area contributed by atoms with Gasteiger partial charge in [0.15, 0.2) is 0 Å². The Hall–Kier alpha value is -1.51. The van der Waals surface area contributed by atoms with Crippen LogP contribution in [0.2, 0.25) is 0 Å². The Morgan fingerprint density at radius 3 is 2.73 bits per heavy atom. The summed E-state index contributed by atoms with van der Waals surface area (Å²) in [7, 11) is 0. The molecule has 0 aromatic rings. The molecule has 0 saturated carbocycles. The number of hydrogen-bond acceptors (Lipinski definition) is 7.